The van der Waals surface area contributed by atoms with Crippen molar-refractivity contribution >= 4 is 0 Å². The molecule has 0 fully saturated rings. The Balaban J connectivity index is 2.41. The molecule has 0 amide bonds. The van der Waals surface area contributed by atoms with Crippen molar-refractivity contribution in [3.63, 3.8) is 0 Å². The van der Waals surface area contributed by atoms with Gasteiger partial charge in [-0.2, -0.15) is 5.10 Å². The minimum absolute atomic E-state index is 0.680. The van der Waals surface area contributed by atoms with Gasteiger partial charge in [-0.1, -0.05) is 6.92 Å². The molecule has 3 heteroatoms. The van der Waals surface area contributed by atoms with Gasteiger partial charge >= 0.3 is 0 Å². The highest BCUT2D eigenvalue weighted by Crippen LogP contribution is 2.05. The normalized spacial score (nSPS) is 13.2. The van der Waals surface area contributed by atoms with E-state index in [-0.39, 0.29) is 0 Å². The van der Waals surface area contributed by atoms with Crippen molar-refractivity contribution in [1.82, 2.24) is 15.1 Å². The molecule has 0 aromatic carbocycles. The van der Waals surface area contributed by atoms with Gasteiger partial charge in [-0.3, -0.25) is 4.68 Å². The molecule has 0 saturated heterocycles. The summed E-state index contributed by atoms with van der Waals surface area (Å²) in [6, 6.07) is 0. The Morgan fingerprint density at radius 1 is 1.67 bits per heavy atom. The molecule has 0 bridgehead atoms. The first-order valence-electron chi connectivity index (χ1n) is 4.34. The molecule has 1 aromatic heterocycles. The molecule has 3 nitrogen and oxygen atoms in total. The van der Waals surface area contributed by atoms with Crippen LogP contribution in [-0.4, -0.2) is 23.4 Å². The fraction of sp³-hybridized carbons (Fsp3) is 0.667. The summed E-state index contributed by atoms with van der Waals surface area (Å²) in [4.78, 5) is 0. The second-order valence-electron chi connectivity index (χ2n) is 3.39. The van der Waals surface area contributed by atoms with E-state index in [0.29, 0.717) is 5.92 Å². The van der Waals surface area contributed by atoms with Crippen LogP contribution in [0.25, 0.3) is 0 Å². The third-order valence-electron chi connectivity index (χ3n) is 1.90. The monoisotopic (exact) mass is 167 g/mol. The third kappa shape index (κ3) is 2.66. The summed E-state index contributed by atoms with van der Waals surface area (Å²) in [5.41, 5.74) is 1.32. The highest BCUT2D eigenvalue weighted by molar-refractivity contribution is 5.04. The van der Waals surface area contributed by atoms with E-state index in [4.69, 9.17) is 0 Å². The number of nitrogens with one attached hydrogen (secondary N) is 1. The first-order valence-corrected chi connectivity index (χ1v) is 4.34. The van der Waals surface area contributed by atoms with E-state index >= 15 is 0 Å². The van der Waals surface area contributed by atoms with Gasteiger partial charge in [0, 0.05) is 13.2 Å². The molecule has 0 aliphatic rings. The SMILES string of the molecule is CNCC(C)Cc1cnn(C)c1. The number of hydrogen-bond acceptors (Lipinski definition) is 2. The molecule has 1 rings (SSSR count). The predicted molar refractivity (Wildman–Crippen MR) is 50.0 cm³/mol. The van der Waals surface area contributed by atoms with E-state index in [1.807, 2.05) is 25.0 Å². The van der Waals surface area contributed by atoms with Crippen LogP contribution in [0.3, 0.4) is 0 Å². The second-order valence-corrected chi connectivity index (χ2v) is 3.39. The standard InChI is InChI=1S/C9H17N3/c1-8(5-10-2)4-9-6-11-12(3)7-9/h6-8,10H,4-5H2,1-3H3. The Labute approximate surface area is 73.8 Å². The van der Waals surface area contributed by atoms with E-state index in [9.17, 15) is 0 Å². The summed E-state index contributed by atoms with van der Waals surface area (Å²) < 4.78 is 1.85. The Hall–Kier alpha value is -0.830. The Bertz CT molecular complexity index is 229. The fourth-order valence-electron chi connectivity index (χ4n) is 1.40. The van der Waals surface area contributed by atoms with Crippen molar-refractivity contribution in [2.75, 3.05) is 13.6 Å². The number of nitrogens with zero attached hydrogens (tertiary/aromatic N) is 2. The van der Waals surface area contributed by atoms with Crippen LogP contribution in [0.2, 0.25) is 0 Å². The van der Waals surface area contributed by atoms with Crippen molar-refractivity contribution in [2.45, 2.75) is 13.3 Å². The first-order chi connectivity index (χ1) is 5.72. The van der Waals surface area contributed by atoms with Crippen molar-refractivity contribution in [2.24, 2.45) is 13.0 Å². The van der Waals surface area contributed by atoms with E-state index in [1.54, 1.807) is 0 Å². The van der Waals surface area contributed by atoms with Gasteiger partial charge in [-0.15, -0.1) is 0 Å². The van der Waals surface area contributed by atoms with E-state index < -0.39 is 0 Å². The van der Waals surface area contributed by atoms with E-state index in [1.165, 1.54) is 5.56 Å². The lowest BCUT2D eigenvalue weighted by Crippen LogP contribution is -2.17. The molecule has 1 unspecified atom stereocenters. The number of rotatable bonds is 4. The molecule has 0 aliphatic carbocycles. The minimum Gasteiger partial charge on any atom is -0.319 e. The quantitative estimate of drug-likeness (QED) is 0.719. The topological polar surface area (TPSA) is 29.9 Å². The summed E-state index contributed by atoms with van der Waals surface area (Å²) in [5, 5.41) is 7.29. The van der Waals surface area contributed by atoms with Gasteiger partial charge in [-0.25, -0.2) is 0 Å². The Morgan fingerprint density at radius 2 is 2.42 bits per heavy atom. The molecule has 0 radical (unpaired) electrons. The molecule has 68 valence electrons. The van der Waals surface area contributed by atoms with E-state index in [0.717, 1.165) is 13.0 Å². The van der Waals surface area contributed by atoms with Crippen LogP contribution in [0, 0.1) is 5.92 Å². The van der Waals surface area contributed by atoms with Gasteiger partial charge in [0.2, 0.25) is 0 Å². The number of aryl methyl sites for hydroxylation is 1. The molecule has 1 heterocycles. The van der Waals surface area contributed by atoms with Crippen LogP contribution in [0.5, 0.6) is 0 Å². The molecule has 1 N–H and O–H groups in total. The average molecular weight is 167 g/mol. The Kier molecular flexibility index (Phi) is 3.29. The third-order valence-corrected chi connectivity index (χ3v) is 1.90. The average Bonchev–Trinajstić information content (AvgIpc) is 2.36. The zero-order valence-corrected chi connectivity index (χ0v) is 8.04. The smallest absolute Gasteiger partial charge is 0.0521 e. The largest absolute Gasteiger partial charge is 0.319 e. The highest BCUT2D eigenvalue weighted by Gasteiger charge is 2.03. The first kappa shape index (κ1) is 9.26. The fourth-order valence-corrected chi connectivity index (χ4v) is 1.40. The maximum absolute atomic E-state index is 4.13. The predicted octanol–water partition coefficient (Wildman–Crippen LogP) is 0.818. The van der Waals surface area contributed by atoms with Gasteiger partial charge in [0.05, 0.1) is 6.20 Å². The molecular formula is C9H17N3. The highest BCUT2D eigenvalue weighted by atomic mass is 15.2. The maximum Gasteiger partial charge on any atom is 0.0521 e. The second kappa shape index (κ2) is 4.26. The zero-order valence-electron chi connectivity index (χ0n) is 8.04. The van der Waals surface area contributed by atoms with Crippen LogP contribution in [-0.2, 0) is 13.5 Å². The molecule has 1 atom stereocenters. The van der Waals surface area contributed by atoms with Crippen molar-refractivity contribution in [1.29, 1.82) is 0 Å². The van der Waals surface area contributed by atoms with Crippen LogP contribution in [0.4, 0.5) is 0 Å². The van der Waals surface area contributed by atoms with Crippen LogP contribution < -0.4 is 5.32 Å². The van der Waals surface area contributed by atoms with Gasteiger partial charge in [0.25, 0.3) is 0 Å². The van der Waals surface area contributed by atoms with Crippen LogP contribution in [0.15, 0.2) is 12.4 Å². The molecule has 1 aromatic rings. The lowest BCUT2D eigenvalue weighted by atomic mass is 10.0. The molecule has 0 aliphatic heterocycles. The summed E-state index contributed by atoms with van der Waals surface area (Å²) in [5.74, 6) is 0.680. The van der Waals surface area contributed by atoms with Crippen LogP contribution in [0.1, 0.15) is 12.5 Å². The summed E-state index contributed by atoms with van der Waals surface area (Å²) in [7, 11) is 3.94. The lowest BCUT2D eigenvalue weighted by molar-refractivity contribution is 0.541. The van der Waals surface area contributed by atoms with E-state index in [2.05, 4.69) is 23.5 Å². The Morgan fingerprint density at radius 3 is 2.92 bits per heavy atom. The van der Waals surface area contributed by atoms with Crippen molar-refractivity contribution in [3.8, 4) is 0 Å². The van der Waals surface area contributed by atoms with Gasteiger partial charge in [0.15, 0.2) is 0 Å². The maximum atomic E-state index is 4.13. The summed E-state index contributed by atoms with van der Waals surface area (Å²) in [6.45, 7) is 3.30. The molecular weight excluding hydrogens is 150 g/mol. The molecule has 0 spiro atoms. The van der Waals surface area contributed by atoms with Crippen LogP contribution >= 0.6 is 0 Å². The minimum atomic E-state index is 0.680. The van der Waals surface area contributed by atoms with Gasteiger partial charge in [0.1, 0.15) is 0 Å². The number of aromatic nitrogens is 2. The summed E-state index contributed by atoms with van der Waals surface area (Å²) in [6.07, 6.45) is 5.12. The van der Waals surface area contributed by atoms with Crippen molar-refractivity contribution in [3.05, 3.63) is 18.0 Å². The number of hydrogen-bond donors (Lipinski definition) is 1. The molecule has 12 heavy (non-hydrogen) atoms. The van der Waals surface area contributed by atoms with Gasteiger partial charge < -0.3 is 5.32 Å². The van der Waals surface area contributed by atoms with Crippen molar-refractivity contribution < 1.29 is 0 Å². The molecule has 0 saturated carbocycles. The lowest BCUT2D eigenvalue weighted by Gasteiger charge is -2.07. The van der Waals surface area contributed by atoms with Gasteiger partial charge in [-0.05, 0) is 31.5 Å². The summed E-state index contributed by atoms with van der Waals surface area (Å²) >= 11 is 0. The zero-order chi connectivity index (χ0) is 8.97.